The number of rotatable bonds is 3. The van der Waals surface area contributed by atoms with Crippen molar-refractivity contribution in [1.82, 2.24) is 9.80 Å². The summed E-state index contributed by atoms with van der Waals surface area (Å²) in [7, 11) is 3.96. The first kappa shape index (κ1) is 18.7. The molecule has 1 saturated heterocycles. The molecule has 4 rings (SSSR count). The Labute approximate surface area is 165 Å². The van der Waals surface area contributed by atoms with Crippen molar-refractivity contribution in [1.29, 1.82) is 0 Å². The number of thiophene rings is 1. The molecule has 1 unspecified atom stereocenters. The number of carbonyl (C=O) groups excluding carboxylic acids is 1. The van der Waals surface area contributed by atoms with Gasteiger partial charge in [-0.15, -0.1) is 11.3 Å². The molecule has 2 aliphatic rings. The molecule has 1 fully saturated rings. The fourth-order valence-electron chi connectivity index (χ4n) is 4.44. The molecule has 1 atom stereocenters. The van der Waals surface area contributed by atoms with Crippen LogP contribution in [0.2, 0.25) is 0 Å². The number of likely N-dealkylation sites (N-methyl/N-ethyl adjacent to an activating group) is 1. The monoisotopic (exact) mass is 384 g/mol. The Kier molecular flexibility index (Phi) is 5.10. The highest BCUT2D eigenvalue weighted by atomic mass is 32.1. The smallest absolute Gasteiger partial charge is 0.244 e. The predicted octanol–water partition coefficient (Wildman–Crippen LogP) is 3.75. The van der Waals surface area contributed by atoms with E-state index in [0.29, 0.717) is 0 Å². The quantitative estimate of drug-likeness (QED) is 0.808. The number of fused-ring (bicyclic) bond motifs is 2. The van der Waals surface area contributed by atoms with Gasteiger partial charge < -0.3 is 9.64 Å². The van der Waals surface area contributed by atoms with Crippen molar-refractivity contribution in [2.45, 2.75) is 37.8 Å². The van der Waals surface area contributed by atoms with Crippen LogP contribution in [0.3, 0.4) is 0 Å². The number of likely N-dealkylation sites (tertiary alicyclic amines) is 1. The van der Waals surface area contributed by atoms with Gasteiger partial charge in [0.2, 0.25) is 5.91 Å². The second-order valence-electron chi connectivity index (χ2n) is 7.95. The van der Waals surface area contributed by atoms with Crippen LogP contribution >= 0.6 is 11.3 Å². The van der Waals surface area contributed by atoms with E-state index >= 15 is 0 Å². The first-order valence-corrected chi connectivity index (χ1v) is 10.6. The van der Waals surface area contributed by atoms with Crippen molar-refractivity contribution < 1.29 is 9.53 Å². The van der Waals surface area contributed by atoms with Gasteiger partial charge in [0.15, 0.2) is 0 Å². The van der Waals surface area contributed by atoms with Gasteiger partial charge in [0, 0.05) is 24.4 Å². The van der Waals surface area contributed by atoms with Gasteiger partial charge in [-0.3, -0.25) is 9.69 Å². The van der Waals surface area contributed by atoms with Gasteiger partial charge in [0.05, 0.1) is 12.2 Å². The lowest BCUT2D eigenvalue weighted by Crippen LogP contribution is -2.50. The predicted molar refractivity (Wildman–Crippen MR) is 109 cm³/mol. The zero-order chi connectivity index (χ0) is 19.0. The standard InChI is InChI=1S/C22H28N2O2S/c1-16-4-6-17(7-5-16)20(23(2)3)21(25)24-12-10-22(11-13-24)18-9-15-27-19(18)8-14-26-22/h4-7,9,15,20H,8,10-14H2,1-3H3. The molecule has 1 spiro atoms. The number of carbonyl (C=O) groups is 1. The summed E-state index contributed by atoms with van der Waals surface area (Å²) in [5.74, 6) is 0.194. The number of amides is 1. The van der Waals surface area contributed by atoms with Crippen molar-refractivity contribution in [2.75, 3.05) is 33.8 Å². The van der Waals surface area contributed by atoms with E-state index in [1.54, 1.807) is 0 Å². The third kappa shape index (κ3) is 3.44. The second kappa shape index (κ2) is 7.38. The highest BCUT2D eigenvalue weighted by Crippen LogP contribution is 2.43. The Morgan fingerprint density at radius 2 is 1.89 bits per heavy atom. The largest absolute Gasteiger partial charge is 0.370 e. The van der Waals surface area contributed by atoms with Crippen LogP contribution in [0.4, 0.5) is 0 Å². The molecule has 1 aromatic carbocycles. The first-order chi connectivity index (χ1) is 13.0. The fraction of sp³-hybridized carbons (Fsp3) is 0.500. The van der Waals surface area contributed by atoms with Crippen LogP contribution in [0.1, 0.15) is 40.5 Å². The van der Waals surface area contributed by atoms with Crippen LogP contribution in [0.5, 0.6) is 0 Å². The molecule has 0 radical (unpaired) electrons. The van der Waals surface area contributed by atoms with Gasteiger partial charge in [-0.2, -0.15) is 0 Å². The van der Waals surface area contributed by atoms with Crippen molar-refractivity contribution >= 4 is 17.2 Å². The highest BCUT2D eigenvalue weighted by Gasteiger charge is 2.43. The van der Waals surface area contributed by atoms with Crippen molar-refractivity contribution in [3.05, 3.63) is 57.3 Å². The molecule has 2 aromatic rings. The Hall–Kier alpha value is -1.69. The van der Waals surface area contributed by atoms with Gasteiger partial charge in [-0.1, -0.05) is 29.8 Å². The summed E-state index contributed by atoms with van der Waals surface area (Å²) in [4.78, 5) is 18.8. The SMILES string of the molecule is Cc1ccc(C(C(=O)N2CCC3(CC2)OCCc2sccc23)N(C)C)cc1. The fourth-order valence-corrected chi connectivity index (χ4v) is 5.39. The molecule has 5 heteroatoms. The summed E-state index contributed by atoms with van der Waals surface area (Å²) < 4.78 is 6.28. The van der Waals surface area contributed by atoms with Crippen LogP contribution in [0.25, 0.3) is 0 Å². The third-order valence-electron chi connectivity index (χ3n) is 5.97. The van der Waals surface area contributed by atoms with E-state index in [4.69, 9.17) is 4.74 Å². The van der Waals surface area contributed by atoms with Crippen LogP contribution in [-0.2, 0) is 21.6 Å². The number of benzene rings is 1. The average molecular weight is 385 g/mol. The molecular weight excluding hydrogens is 356 g/mol. The summed E-state index contributed by atoms with van der Waals surface area (Å²) in [6, 6.07) is 10.3. The Morgan fingerprint density at radius 1 is 1.19 bits per heavy atom. The van der Waals surface area contributed by atoms with Gasteiger partial charge >= 0.3 is 0 Å². The van der Waals surface area contributed by atoms with Crippen molar-refractivity contribution in [3.63, 3.8) is 0 Å². The molecule has 1 aromatic heterocycles. The third-order valence-corrected chi connectivity index (χ3v) is 6.95. The number of nitrogens with zero attached hydrogens (tertiary/aromatic N) is 2. The maximum Gasteiger partial charge on any atom is 0.244 e. The van der Waals surface area contributed by atoms with Crippen LogP contribution in [-0.4, -0.2) is 49.5 Å². The minimum absolute atomic E-state index is 0.179. The molecule has 3 heterocycles. The highest BCUT2D eigenvalue weighted by molar-refractivity contribution is 7.10. The lowest BCUT2D eigenvalue weighted by molar-refractivity contribution is -0.145. The maximum atomic E-state index is 13.3. The molecule has 2 aliphatic heterocycles. The van der Waals surface area contributed by atoms with Crippen LogP contribution in [0.15, 0.2) is 35.7 Å². The van der Waals surface area contributed by atoms with Gasteiger partial charge in [0.1, 0.15) is 6.04 Å². The average Bonchev–Trinajstić information content (AvgIpc) is 3.14. The second-order valence-corrected chi connectivity index (χ2v) is 8.95. The number of hydrogen-bond donors (Lipinski definition) is 0. The lowest BCUT2D eigenvalue weighted by Gasteiger charge is -2.45. The van der Waals surface area contributed by atoms with E-state index in [-0.39, 0.29) is 17.6 Å². The summed E-state index contributed by atoms with van der Waals surface area (Å²) in [5.41, 5.74) is 3.46. The van der Waals surface area contributed by atoms with Crippen LogP contribution in [0, 0.1) is 6.92 Å². The molecule has 0 N–H and O–H groups in total. The summed E-state index contributed by atoms with van der Waals surface area (Å²) >= 11 is 1.84. The molecule has 1 amide bonds. The van der Waals surface area contributed by atoms with Crippen molar-refractivity contribution in [2.24, 2.45) is 0 Å². The number of hydrogen-bond acceptors (Lipinski definition) is 4. The van der Waals surface area contributed by atoms with E-state index in [0.717, 1.165) is 44.5 Å². The molecule has 27 heavy (non-hydrogen) atoms. The van der Waals surface area contributed by atoms with E-state index in [1.807, 2.05) is 35.2 Å². The number of aryl methyl sites for hydroxylation is 1. The molecule has 0 bridgehead atoms. The number of ether oxygens (including phenoxy) is 1. The van der Waals surface area contributed by atoms with Gasteiger partial charge in [-0.05, 0) is 56.4 Å². The van der Waals surface area contributed by atoms with E-state index in [1.165, 1.54) is 16.0 Å². The summed E-state index contributed by atoms with van der Waals surface area (Å²) in [6.07, 6.45) is 2.79. The van der Waals surface area contributed by atoms with Crippen molar-refractivity contribution in [3.8, 4) is 0 Å². The molecule has 0 aliphatic carbocycles. The van der Waals surface area contributed by atoms with Crippen LogP contribution < -0.4 is 0 Å². The summed E-state index contributed by atoms with van der Waals surface area (Å²) in [5, 5.41) is 2.18. The van der Waals surface area contributed by atoms with E-state index in [2.05, 4.69) is 42.6 Å². The van der Waals surface area contributed by atoms with Gasteiger partial charge in [0.25, 0.3) is 0 Å². The van der Waals surface area contributed by atoms with E-state index < -0.39 is 0 Å². The lowest BCUT2D eigenvalue weighted by atomic mass is 9.82. The molecule has 4 nitrogen and oxygen atoms in total. The Morgan fingerprint density at radius 3 is 2.56 bits per heavy atom. The Balaban J connectivity index is 1.50. The zero-order valence-electron chi connectivity index (χ0n) is 16.4. The first-order valence-electron chi connectivity index (χ1n) is 9.73. The minimum Gasteiger partial charge on any atom is -0.370 e. The molecule has 0 saturated carbocycles. The normalized spacial score (nSPS) is 19.9. The van der Waals surface area contributed by atoms with Gasteiger partial charge in [-0.25, -0.2) is 0 Å². The number of piperidine rings is 1. The minimum atomic E-state index is -0.233. The maximum absolute atomic E-state index is 13.3. The zero-order valence-corrected chi connectivity index (χ0v) is 17.2. The molecule has 144 valence electrons. The molecular formula is C22H28N2O2S. The Bertz CT molecular complexity index is 804. The summed E-state index contributed by atoms with van der Waals surface area (Å²) in [6.45, 7) is 4.38. The topological polar surface area (TPSA) is 32.8 Å². The van der Waals surface area contributed by atoms with E-state index in [9.17, 15) is 4.79 Å².